The van der Waals surface area contributed by atoms with Crippen LogP contribution in [0.25, 0.3) is 0 Å². The van der Waals surface area contributed by atoms with Gasteiger partial charge in [0.15, 0.2) is 0 Å². The first-order valence-corrected chi connectivity index (χ1v) is 7.88. The third-order valence-electron chi connectivity index (χ3n) is 1.70. The molecule has 0 aromatic rings. The zero-order valence-corrected chi connectivity index (χ0v) is 11.6. The highest BCUT2D eigenvalue weighted by Crippen LogP contribution is 2.02. The molecule has 18 heavy (non-hydrogen) atoms. The number of aliphatic carboxylic acids is 1. The molecule has 0 aromatic heterocycles. The second-order valence-electron chi connectivity index (χ2n) is 3.12. The smallest absolute Gasteiger partial charge is 0.421 e. The largest absolute Gasteiger partial charge is 0.480 e. The quantitative estimate of drug-likeness (QED) is 0.566. The van der Waals surface area contributed by atoms with Crippen LogP contribution < -0.4 is 9.44 Å². The fraction of sp³-hybridized carbons (Fsp3) is 0.750. The normalized spacial score (nSPS) is 12.8. The maximum absolute atomic E-state index is 11.4. The van der Waals surface area contributed by atoms with Gasteiger partial charge in [0.1, 0.15) is 6.04 Å². The number of carboxylic acid groups (broad SMARTS) is 1. The van der Waals surface area contributed by atoms with Gasteiger partial charge >= 0.3 is 22.3 Å². The molecule has 8 nitrogen and oxygen atoms in total. The molecule has 1 unspecified atom stereocenters. The first-order chi connectivity index (χ1) is 8.32. The Hall–Kier alpha value is -1.00. The fourth-order valence-corrected chi connectivity index (χ4v) is 2.36. The van der Waals surface area contributed by atoms with Crippen LogP contribution in [0, 0.1) is 0 Å². The molecule has 0 heterocycles. The number of carboxylic acids is 1. The van der Waals surface area contributed by atoms with Crippen molar-refractivity contribution in [3.8, 4) is 0 Å². The number of hydrogen-bond donors (Lipinski definition) is 3. The van der Waals surface area contributed by atoms with Crippen LogP contribution in [0.15, 0.2) is 0 Å². The SMILES string of the molecule is CCOC(=O)NS(=O)(=O)NC(CCSC)C(=O)O. The Labute approximate surface area is 110 Å². The lowest BCUT2D eigenvalue weighted by molar-refractivity contribution is -0.139. The Morgan fingerprint density at radius 3 is 2.50 bits per heavy atom. The number of carbonyl (C=O) groups excluding carboxylic acids is 1. The van der Waals surface area contributed by atoms with E-state index in [4.69, 9.17) is 5.11 Å². The van der Waals surface area contributed by atoms with Gasteiger partial charge in [0, 0.05) is 0 Å². The van der Waals surface area contributed by atoms with Crippen molar-refractivity contribution in [2.24, 2.45) is 0 Å². The Bertz CT molecular complexity index is 383. The van der Waals surface area contributed by atoms with Gasteiger partial charge in [-0.2, -0.15) is 24.9 Å². The van der Waals surface area contributed by atoms with Gasteiger partial charge in [-0.25, -0.2) is 9.52 Å². The highest BCUT2D eigenvalue weighted by Gasteiger charge is 2.25. The van der Waals surface area contributed by atoms with E-state index in [0.29, 0.717) is 5.75 Å². The van der Waals surface area contributed by atoms with Crippen LogP contribution in [0.2, 0.25) is 0 Å². The van der Waals surface area contributed by atoms with Crippen molar-refractivity contribution in [3.63, 3.8) is 0 Å². The number of hydrogen-bond acceptors (Lipinski definition) is 6. The van der Waals surface area contributed by atoms with Gasteiger partial charge in [-0.05, 0) is 25.4 Å². The molecule has 0 saturated heterocycles. The van der Waals surface area contributed by atoms with Crippen LogP contribution >= 0.6 is 11.8 Å². The molecule has 0 aliphatic rings. The second-order valence-corrected chi connectivity index (χ2v) is 5.55. The number of rotatable bonds is 8. The van der Waals surface area contributed by atoms with Crippen molar-refractivity contribution >= 4 is 34.0 Å². The van der Waals surface area contributed by atoms with Crippen LogP contribution in [0.5, 0.6) is 0 Å². The van der Waals surface area contributed by atoms with Gasteiger partial charge in [0.25, 0.3) is 0 Å². The maximum Gasteiger partial charge on any atom is 0.421 e. The molecule has 106 valence electrons. The summed E-state index contributed by atoms with van der Waals surface area (Å²) >= 11 is 1.39. The van der Waals surface area contributed by atoms with Crippen molar-refractivity contribution in [2.45, 2.75) is 19.4 Å². The predicted molar refractivity (Wildman–Crippen MR) is 66.6 cm³/mol. The van der Waals surface area contributed by atoms with Crippen molar-refractivity contribution in [1.82, 2.24) is 9.44 Å². The monoisotopic (exact) mass is 300 g/mol. The van der Waals surface area contributed by atoms with E-state index in [0.717, 1.165) is 0 Å². The summed E-state index contributed by atoms with van der Waals surface area (Å²) in [5.41, 5.74) is 0. The highest BCUT2D eigenvalue weighted by atomic mass is 32.2. The van der Waals surface area contributed by atoms with Crippen molar-refractivity contribution in [1.29, 1.82) is 0 Å². The Kier molecular flexibility index (Phi) is 7.71. The second kappa shape index (κ2) is 8.16. The minimum absolute atomic E-state index is 0.0101. The van der Waals surface area contributed by atoms with Gasteiger partial charge in [-0.1, -0.05) is 0 Å². The van der Waals surface area contributed by atoms with E-state index < -0.39 is 28.3 Å². The van der Waals surface area contributed by atoms with Crippen molar-refractivity contribution in [2.75, 3.05) is 18.6 Å². The number of carbonyl (C=O) groups is 2. The standard InChI is InChI=1S/C8H16N2O6S2/c1-3-16-8(13)10-18(14,15)9-6(7(11)12)4-5-17-2/h6,9H,3-5H2,1-2H3,(H,10,13)(H,11,12). The summed E-state index contributed by atoms with van der Waals surface area (Å²) in [4.78, 5) is 21.7. The first-order valence-electron chi connectivity index (χ1n) is 5.01. The molecule has 0 radical (unpaired) electrons. The highest BCUT2D eigenvalue weighted by molar-refractivity contribution is 7.98. The third-order valence-corrected chi connectivity index (χ3v) is 3.37. The summed E-state index contributed by atoms with van der Waals surface area (Å²) in [6.45, 7) is 1.52. The molecule has 0 aromatic carbocycles. The Morgan fingerprint density at radius 1 is 1.44 bits per heavy atom. The first kappa shape index (κ1) is 17.0. The molecule has 0 spiro atoms. The molecule has 0 aliphatic carbocycles. The number of nitrogens with one attached hydrogen (secondary N) is 2. The van der Waals surface area contributed by atoms with E-state index >= 15 is 0 Å². The molecule has 0 saturated carbocycles. The lowest BCUT2D eigenvalue weighted by atomic mass is 10.2. The van der Waals surface area contributed by atoms with E-state index in [1.165, 1.54) is 18.7 Å². The number of amides is 1. The maximum atomic E-state index is 11.4. The van der Waals surface area contributed by atoms with Crippen LogP contribution in [0.4, 0.5) is 4.79 Å². The fourth-order valence-electron chi connectivity index (χ4n) is 0.956. The van der Waals surface area contributed by atoms with Crippen LogP contribution in [-0.2, 0) is 19.7 Å². The Morgan fingerprint density at radius 2 is 2.06 bits per heavy atom. The summed E-state index contributed by atoms with van der Waals surface area (Å²) in [5, 5.41) is 8.82. The van der Waals surface area contributed by atoms with Crippen molar-refractivity contribution < 1.29 is 27.9 Å². The molecule has 1 atom stereocenters. The van der Waals surface area contributed by atoms with E-state index in [-0.39, 0.29) is 13.0 Å². The number of ether oxygens (including phenoxy) is 1. The number of thioether (sulfide) groups is 1. The molecule has 10 heteroatoms. The molecule has 0 fully saturated rings. The summed E-state index contributed by atoms with van der Waals surface area (Å²) in [6, 6.07) is -1.29. The molecular weight excluding hydrogens is 284 g/mol. The average molecular weight is 300 g/mol. The van der Waals surface area contributed by atoms with Gasteiger partial charge < -0.3 is 9.84 Å². The summed E-state index contributed by atoms with van der Waals surface area (Å²) < 4.78 is 30.6. The van der Waals surface area contributed by atoms with Gasteiger partial charge in [0.2, 0.25) is 0 Å². The van der Waals surface area contributed by atoms with E-state index in [1.54, 1.807) is 11.0 Å². The van der Waals surface area contributed by atoms with Gasteiger partial charge in [0.05, 0.1) is 6.61 Å². The van der Waals surface area contributed by atoms with E-state index in [9.17, 15) is 18.0 Å². The lowest BCUT2D eigenvalue weighted by Crippen LogP contribution is -2.48. The molecule has 0 bridgehead atoms. The van der Waals surface area contributed by atoms with Gasteiger partial charge in [-0.3, -0.25) is 4.79 Å². The molecule has 1 amide bonds. The average Bonchev–Trinajstić information content (AvgIpc) is 2.23. The minimum Gasteiger partial charge on any atom is -0.480 e. The molecular formula is C8H16N2O6S2. The molecule has 0 rings (SSSR count). The zero-order valence-electron chi connectivity index (χ0n) is 10.0. The topological polar surface area (TPSA) is 122 Å². The van der Waals surface area contributed by atoms with Crippen molar-refractivity contribution in [3.05, 3.63) is 0 Å². The summed E-state index contributed by atoms with van der Waals surface area (Å²) in [7, 11) is -4.24. The van der Waals surface area contributed by atoms with Crippen LogP contribution in [0.3, 0.4) is 0 Å². The van der Waals surface area contributed by atoms with E-state index in [1.807, 2.05) is 4.72 Å². The Balaban J connectivity index is 4.51. The minimum atomic E-state index is -4.24. The summed E-state index contributed by atoms with van der Waals surface area (Å²) in [5.74, 6) is -0.836. The summed E-state index contributed by atoms with van der Waals surface area (Å²) in [6.07, 6.45) is 0.726. The van der Waals surface area contributed by atoms with Gasteiger partial charge in [-0.15, -0.1) is 0 Å². The lowest BCUT2D eigenvalue weighted by Gasteiger charge is -2.14. The third kappa shape index (κ3) is 7.35. The van der Waals surface area contributed by atoms with Crippen LogP contribution in [0.1, 0.15) is 13.3 Å². The zero-order chi connectivity index (χ0) is 14.2. The van der Waals surface area contributed by atoms with E-state index in [2.05, 4.69) is 4.74 Å². The van der Waals surface area contributed by atoms with Crippen LogP contribution in [-0.4, -0.2) is 50.2 Å². The molecule has 0 aliphatic heterocycles. The molecule has 3 N–H and O–H groups in total. The predicted octanol–water partition coefficient (Wildman–Crippen LogP) is -0.227.